The molecule has 1 aliphatic heterocycles. The van der Waals surface area contributed by atoms with E-state index in [0.29, 0.717) is 42.4 Å². The largest absolute Gasteiger partial charge is 0.418 e. The minimum Gasteiger partial charge on any atom is -0.356 e. The summed E-state index contributed by atoms with van der Waals surface area (Å²) < 4.78 is 40.4. The number of hydrogen-bond donors (Lipinski definition) is 2. The van der Waals surface area contributed by atoms with E-state index in [0.717, 1.165) is 6.07 Å². The van der Waals surface area contributed by atoms with E-state index < -0.39 is 11.7 Å². The molecule has 130 valence electrons. The molecule has 0 aromatic carbocycles. The molecule has 0 bridgehead atoms. The van der Waals surface area contributed by atoms with Crippen LogP contribution in [0, 0.1) is 5.92 Å². The van der Waals surface area contributed by atoms with Crippen molar-refractivity contribution in [3.8, 4) is 11.4 Å². The van der Waals surface area contributed by atoms with Crippen LogP contribution in [-0.2, 0) is 6.18 Å². The summed E-state index contributed by atoms with van der Waals surface area (Å²) >= 11 is 0. The van der Waals surface area contributed by atoms with Crippen LogP contribution >= 0.6 is 0 Å². The van der Waals surface area contributed by atoms with E-state index in [1.807, 2.05) is 4.90 Å². The molecule has 0 aliphatic carbocycles. The first-order valence-electron chi connectivity index (χ1n) is 7.80. The molecule has 4 heterocycles. The summed E-state index contributed by atoms with van der Waals surface area (Å²) in [4.78, 5) is 10.3. The van der Waals surface area contributed by atoms with Crippen LogP contribution in [0.3, 0.4) is 0 Å². The van der Waals surface area contributed by atoms with Gasteiger partial charge in [0.2, 0.25) is 0 Å². The Kier molecular flexibility index (Phi) is 3.60. The summed E-state index contributed by atoms with van der Waals surface area (Å²) in [5.41, 5.74) is 5.20. The van der Waals surface area contributed by atoms with Gasteiger partial charge in [-0.25, -0.2) is 9.97 Å². The molecule has 3 aromatic heterocycles. The molecule has 1 fully saturated rings. The maximum atomic E-state index is 13.5. The third-order valence-corrected chi connectivity index (χ3v) is 4.37. The van der Waals surface area contributed by atoms with Gasteiger partial charge in [-0.1, -0.05) is 0 Å². The first-order valence-corrected chi connectivity index (χ1v) is 7.80. The Morgan fingerprint density at radius 1 is 1.24 bits per heavy atom. The number of fused-ring (bicyclic) bond motifs is 1. The zero-order valence-corrected chi connectivity index (χ0v) is 13.1. The number of nitrogens with zero attached hydrogens (tertiary/aromatic N) is 4. The summed E-state index contributed by atoms with van der Waals surface area (Å²) in [5.74, 6) is 0.851. The fourth-order valence-corrected chi connectivity index (χ4v) is 2.98. The predicted octanol–water partition coefficient (Wildman–Crippen LogP) is 2.43. The van der Waals surface area contributed by atoms with Crippen LogP contribution in [0.1, 0.15) is 5.56 Å². The Balaban J connectivity index is 1.83. The van der Waals surface area contributed by atoms with Gasteiger partial charge >= 0.3 is 6.18 Å². The van der Waals surface area contributed by atoms with Crippen LogP contribution in [0.15, 0.2) is 30.5 Å². The van der Waals surface area contributed by atoms with E-state index in [4.69, 9.17) is 5.73 Å². The lowest BCUT2D eigenvalue weighted by molar-refractivity contribution is -0.137. The number of nitrogens with one attached hydrogen (secondary N) is 1. The maximum absolute atomic E-state index is 13.5. The summed E-state index contributed by atoms with van der Waals surface area (Å²) in [6, 6.07) is 5.79. The number of pyridine rings is 2. The molecule has 0 saturated carbocycles. The van der Waals surface area contributed by atoms with Gasteiger partial charge in [-0.05, 0) is 30.8 Å². The number of hydrogen-bond acceptors (Lipinski definition) is 5. The number of nitrogens with two attached hydrogens (primary N) is 1. The standard InChI is InChI=1S/C16H15F3N6/c17-16(18,19)11-3-4-12(25-7-9(6-20)8-25)22-14(11)13-10-2-1-5-21-15(10)24-23-13/h1-5,9H,6-8,20H2,(H,21,23,24). The molecule has 0 unspecified atom stereocenters. The SMILES string of the molecule is NCC1CN(c2ccc(C(F)(F)F)c(-c3[nH]nc4ncccc34)n2)C1. The van der Waals surface area contributed by atoms with Crippen molar-refractivity contribution in [3.63, 3.8) is 0 Å². The molecule has 0 amide bonds. The van der Waals surface area contributed by atoms with Gasteiger partial charge < -0.3 is 10.6 Å². The van der Waals surface area contributed by atoms with Crippen molar-refractivity contribution in [3.05, 3.63) is 36.0 Å². The third kappa shape index (κ3) is 2.70. The average molecular weight is 348 g/mol. The number of halogens is 3. The summed E-state index contributed by atoms with van der Waals surface area (Å²) in [6.07, 6.45) is -2.98. The summed E-state index contributed by atoms with van der Waals surface area (Å²) in [6.45, 7) is 1.94. The minimum atomic E-state index is -4.52. The van der Waals surface area contributed by atoms with Gasteiger partial charge in [-0.3, -0.25) is 5.10 Å². The smallest absolute Gasteiger partial charge is 0.356 e. The van der Waals surface area contributed by atoms with Crippen LogP contribution in [0.5, 0.6) is 0 Å². The number of anilines is 1. The maximum Gasteiger partial charge on any atom is 0.418 e. The lowest BCUT2D eigenvalue weighted by Crippen LogP contribution is -2.50. The molecule has 1 aliphatic rings. The highest BCUT2D eigenvalue weighted by Crippen LogP contribution is 2.39. The van der Waals surface area contributed by atoms with Gasteiger partial charge in [0.05, 0.1) is 11.3 Å². The highest BCUT2D eigenvalue weighted by molar-refractivity contribution is 5.90. The minimum absolute atomic E-state index is 0.170. The van der Waals surface area contributed by atoms with Crippen molar-refractivity contribution in [2.75, 3.05) is 24.5 Å². The Morgan fingerprint density at radius 2 is 2.04 bits per heavy atom. The molecule has 3 N–H and O–H groups in total. The van der Waals surface area contributed by atoms with Crippen LogP contribution in [0.4, 0.5) is 19.0 Å². The van der Waals surface area contributed by atoms with Crippen LogP contribution in [-0.4, -0.2) is 39.8 Å². The van der Waals surface area contributed by atoms with E-state index in [1.54, 1.807) is 12.1 Å². The van der Waals surface area contributed by atoms with E-state index >= 15 is 0 Å². The Labute approximate surface area is 140 Å². The quantitative estimate of drug-likeness (QED) is 0.759. The molecule has 6 nitrogen and oxygen atoms in total. The number of rotatable bonds is 3. The van der Waals surface area contributed by atoms with Gasteiger partial charge in [-0.15, -0.1) is 0 Å². The second-order valence-corrected chi connectivity index (χ2v) is 6.04. The third-order valence-electron chi connectivity index (χ3n) is 4.37. The van der Waals surface area contributed by atoms with E-state index in [2.05, 4.69) is 20.2 Å². The van der Waals surface area contributed by atoms with Crippen molar-refractivity contribution >= 4 is 16.9 Å². The molecule has 9 heteroatoms. The number of H-pyrrole nitrogens is 1. The molecule has 0 radical (unpaired) electrons. The highest BCUT2D eigenvalue weighted by atomic mass is 19.4. The second-order valence-electron chi connectivity index (χ2n) is 6.04. The van der Waals surface area contributed by atoms with E-state index in [9.17, 15) is 13.2 Å². The highest BCUT2D eigenvalue weighted by Gasteiger charge is 2.36. The van der Waals surface area contributed by atoms with Crippen molar-refractivity contribution in [1.82, 2.24) is 20.2 Å². The molecular weight excluding hydrogens is 333 g/mol. The molecule has 25 heavy (non-hydrogen) atoms. The van der Waals surface area contributed by atoms with Gasteiger partial charge in [-0.2, -0.15) is 18.3 Å². The molecule has 3 aromatic rings. The monoisotopic (exact) mass is 348 g/mol. The first-order chi connectivity index (χ1) is 12.0. The summed E-state index contributed by atoms with van der Waals surface area (Å²) in [5, 5.41) is 7.13. The van der Waals surface area contributed by atoms with Gasteiger partial charge in [0.15, 0.2) is 5.65 Å². The van der Waals surface area contributed by atoms with Crippen LogP contribution in [0.2, 0.25) is 0 Å². The molecule has 4 rings (SSSR count). The Hall–Kier alpha value is -2.68. The van der Waals surface area contributed by atoms with Gasteiger partial charge in [0.25, 0.3) is 0 Å². The summed E-state index contributed by atoms with van der Waals surface area (Å²) in [7, 11) is 0. The van der Waals surface area contributed by atoms with Crippen LogP contribution in [0.25, 0.3) is 22.4 Å². The molecule has 1 saturated heterocycles. The zero-order chi connectivity index (χ0) is 17.6. The van der Waals surface area contributed by atoms with Crippen molar-refractivity contribution in [1.29, 1.82) is 0 Å². The average Bonchev–Trinajstić information content (AvgIpc) is 2.97. The topological polar surface area (TPSA) is 83.7 Å². The van der Waals surface area contributed by atoms with E-state index in [-0.39, 0.29) is 11.4 Å². The first kappa shape index (κ1) is 15.8. The van der Waals surface area contributed by atoms with E-state index in [1.165, 1.54) is 12.3 Å². The van der Waals surface area contributed by atoms with Gasteiger partial charge in [0, 0.05) is 30.6 Å². The molecular formula is C16H15F3N6. The number of aromatic amines is 1. The molecule has 0 atom stereocenters. The van der Waals surface area contributed by atoms with Crippen molar-refractivity contribution < 1.29 is 13.2 Å². The second kappa shape index (κ2) is 5.69. The van der Waals surface area contributed by atoms with Gasteiger partial charge in [0.1, 0.15) is 11.5 Å². The number of alkyl halides is 3. The fourth-order valence-electron chi connectivity index (χ4n) is 2.98. The van der Waals surface area contributed by atoms with Crippen LogP contribution < -0.4 is 10.6 Å². The normalized spacial score (nSPS) is 15.6. The zero-order valence-electron chi connectivity index (χ0n) is 13.1. The van der Waals surface area contributed by atoms with Crippen molar-refractivity contribution in [2.24, 2.45) is 11.7 Å². The Bertz CT molecular complexity index is 914. The molecule has 0 spiro atoms. The fraction of sp³-hybridized carbons (Fsp3) is 0.312. The lowest BCUT2D eigenvalue weighted by Gasteiger charge is -2.39. The lowest BCUT2D eigenvalue weighted by atomic mass is 10.0. The van der Waals surface area contributed by atoms with Crippen molar-refractivity contribution in [2.45, 2.75) is 6.18 Å². The predicted molar refractivity (Wildman–Crippen MR) is 86.9 cm³/mol. The Morgan fingerprint density at radius 3 is 2.76 bits per heavy atom. The number of aromatic nitrogens is 4.